The van der Waals surface area contributed by atoms with E-state index in [1.54, 1.807) is 0 Å². The van der Waals surface area contributed by atoms with E-state index >= 15 is 0 Å². The van der Waals surface area contributed by atoms with Crippen molar-refractivity contribution in [2.75, 3.05) is 0 Å². The summed E-state index contributed by atoms with van der Waals surface area (Å²) in [5, 5.41) is 12.3. The second-order valence-corrected chi connectivity index (χ2v) is 0. The van der Waals surface area contributed by atoms with Gasteiger partial charge in [0.15, 0.2) is 0 Å². The van der Waals surface area contributed by atoms with Crippen LogP contribution in [0, 0.1) is 5.05 Å². The van der Waals surface area contributed by atoms with Crippen LogP contribution in [0.5, 0.6) is 0 Å². The lowest BCUT2D eigenvalue weighted by molar-refractivity contribution is 0.311. The summed E-state index contributed by atoms with van der Waals surface area (Å²) in [6.07, 6.45) is 0. The summed E-state index contributed by atoms with van der Waals surface area (Å²) in [6, 6.07) is 0. The Morgan fingerprint density at radius 3 is 1.50 bits per heavy atom. The molecule has 4 N–H and O–H groups in total. The fourth-order valence-electron chi connectivity index (χ4n) is 0. The quantitative estimate of drug-likeness (QED) is 0.249. The molecule has 0 amide bonds. The van der Waals surface area contributed by atoms with Gasteiger partial charge in [0.05, 0.1) is 10.0 Å². The fourth-order valence-corrected chi connectivity index (χ4v) is 0. The van der Waals surface area contributed by atoms with Crippen molar-refractivity contribution < 1.29 is 5.21 Å². The highest BCUT2D eigenvalue weighted by molar-refractivity contribution is 5.88. The van der Waals surface area contributed by atoms with Gasteiger partial charge >= 0.3 is 0 Å². The van der Waals surface area contributed by atoms with Crippen molar-refractivity contribution in [3.63, 3.8) is 0 Å². The lowest BCUT2D eigenvalue weighted by Crippen LogP contribution is -1.72. The maximum Gasteiger partial charge on any atom is 0.0841 e. The maximum atomic E-state index is 6.50. The van der Waals surface area contributed by atoms with Crippen LogP contribution in [0.15, 0.2) is 0 Å². The first-order chi connectivity index (χ1) is 2.00. The van der Waals surface area contributed by atoms with Crippen molar-refractivity contribution in [1.29, 1.82) is 5.05 Å². The molecule has 26 valence electrons. The van der Waals surface area contributed by atoms with Gasteiger partial charge < -0.3 is 10.3 Å². The largest absolute Gasteiger partial charge is 0.359 e. The first-order valence-electron chi connectivity index (χ1n) is 0.612. The summed E-state index contributed by atoms with van der Waals surface area (Å²) in [7, 11) is 1.11. The molecular formula is H6N2OSi. The van der Waals surface area contributed by atoms with E-state index < -0.39 is 0 Å². The lowest BCUT2D eigenvalue weighted by Gasteiger charge is -1.27. The average molecular weight is 78.1 g/mol. The molecule has 0 heterocycles. The molecule has 0 aromatic carbocycles. The summed E-state index contributed by atoms with van der Waals surface area (Å²) >= 11 is 0. The fraction of sp³-hybridized carbons (Fsp3) is 0. The molecule has 0 rings (SSSR count). The van der Waals surface area contributed by atoms with Crippen LogP contribution in [0.3, 0.4) is 0 Å². The van der Waals surface area contributed by atoms with E-state index in [0.29, 0.717) is 0 Å². The van der Waals surface area contributed by atoms with Gasteiger partial charge in [-0.3, -0.25) is 0 Å². The zero-order valence-electron chi connectivity index (χ0n) is 2.23. The highest BCUT2D eigenvalue weighted by Crippen LogP contribution is 0.596. The molecule has 0 aromatic heterocycles. The van der Waals surface area contributed by atoms with Gasteiger partial charge in [0, 0.05) is 0 Å². The third-order valence-electron chi connectivity index (χ3n) is 0. The Balaban J connectivity index is 0. The molecule has 3 nitrogen and oxygen atoms in total. The number of nitrogens with one attached hydrogen (secondary N) is 1. The predicted molar refractivity (Wildman–Crippen MR) is 17.2 cm³/mol. The van der Waals surface area contributed by atoms with Crippen LogP contribution in [0.2, 0.25) is 0 Å². The second-order valence-electron chi connectivity index (χ2n) is 0. The molecule has 0 radical (unpaired) electrons. The van der Waals surface area contributed by atoms with Crippen molar-refractivity contribution in [1.82, 2.24) is 0 Å². The summed E-state index contributed by atoms with van der Waals surface area (Å²) in [6.45, 7) is 0. The molecule has 0 fully saturated rings. The van der Waals surface area contributed by atoms with Crippen LogP contribution in [0.25, 0.3) is 0 Å². The molecular weight excluding hydrogens is 72.1 g/mol. The van der Waals surface area contributed by atoms with Crippen LogP contribution in [0.4, 0.5) is 0 Å². The van der Waals surface area contributed by atoms with Crippen molar-refractivity contribution in [2.45, 2.75) is 0 Å². The van der Waals surface area contributed by atoms with Crippen molar-refractivity contribution in [2.24, 2.45) is 5.90 Å². The van der Waals surface area contributed by atoms with E-state index in [1.165, 1.54) is 0 Å². The molecule has 4 heteroatoms. The minimum atomic E-state index is 1.11. The minimum absolute atomic E-state index is 1.11. The van der Waals surface area contributed by atoms with E-state index in [0.717, 1.165) is 10.0 Å². The molecule has 0 bridgehead atoms. The van der Waals surface area contributed by atoms with Gasteiger partial charge in [0.2, 0.25) is 0 Å². The number of rotatable bonds is 0. The molecule has 4 heavy (non-hydrogen) atoms. The monoisotopic (exact) mass is 78.0 g/mol. The normalized spacial score (nSPS) is 2.50. The number of hydrogen-bond donors (Lipinski definition) is 3. The molecule has 0 aromatic rings. The first-order valence-corrected chi connectivity index (χ1v) is 1.32. The number of nitrogens with two attached hydrogens (primary N) is 1. The van der Waals surface area contributed by atoms with Gasteiger partial charge in [-0.1, -0.05) is 0 Å². The minimum Gasteiger partial charge on any atom is -0.359 e. The van der Waals surface area contributed by atoms with E-state index in [4.69, 9.17) is 10.3 Å². The predicted octanol–water partition coefficient (Wildman–Crippen LogP) is -1.28. The van der Waals surface area contributed by atoms with Crippen LogP contribution in [-0.2, 0) is 0 Å². The van der Waals surface area contributed by atoms with Crippen molar-refractivity contribution in [3.8, 4) is 0 Å². The lowest BCUT2D eigenvalue weighted by atomic mass is 13.6. The van der Waals surface area contributed by atoms with E-state index in [9.17, 15) is 0 Å². The molecule has 0 aliphatic carbocycles. The highest BCUT2D eigenvalue weighted by atomic mass is 28.1. The van der Waals surface area contributed by atoms with Crippen LogP contribution < -0.4 is 5.90 Å². The SMILES string of the molecule is N=[SiH2].NO. The third-order valence-corrected chi connectivity index (χ3v) is 0. The Morgan fingerprint density at radius 2 is 1.50 bits per heavy atom. The zero-order valence-corrected chi connectivity index (χ0v) is 3.65. The summed E-state index contributed by atoms with van der Waals surface area (Å²) in [4.78, 5) is 0. The third kappa shape index (κ3) is 427. The van der Waals surface area contributed by atoms with Crippen molar-refractivity contribution in [3.05, 3.63) is 0 Å². The van der Waals surface area contributed by atoms with Crippen LogP contribution in [0.1, 0.15) is 0 Å². The summed E-state index contributed by atoms with van der Waals surface area (Å²) in [5.74, 6) is 3.50. The van der Waals surface area contributed by atoms with E-state index in [1.807, 2.05) is 0 Å². The second kappa shape index (κ2) is 2770. The Labute approximate surface area is 27.3 Å². The Bertz CT molecular complexity index is 6.00. The molecule has 0 atom stereocenters. The topological polar surface area (TPSA) is 70.1 Å². The first kappa shape index (κ1) is 9.05. The van der Waals surface area contributed by atoms with Gasteiger partial charge in [0.25, 0.3) is 0 Å². The molecule has 0 spiro atoms. The van der Waals surface area contributed by atoms with Gasteiger partial charge in [-0.25, -0.2) is 5.90 Å². The van der Waals surface area contributed by atoms with E-state index in [2.05, 4.69) is 5.90 Å². The van der Waals surface area contributed by atoms with Gasteiger partial charge in [-0.2, -0.15) is 0 Å². The Kier molecular flexibility index (Phi) is 6260. The van der Waals surface area contributed by atoms with Gasteiger partial charge in [0.1, 0.15) is 0 Å². The summed E-state index contributed by atoms with van der Waals surface area (Å²) < 4.78 is 0. The molecule has 0 saturated carbocycles. The standard InChI is InChI=1S/H3NO.H3NSi/c2*1-2/h2H,1H2;1H,2H2. The van der Waals surface area contributed by atoms with Gasteiger partial charge in [-0.05, 0) is 0 Å². The molecule has 0 unspecified atom stereocenters. The van der Waals surface area contributed by atoms with Crippen molar-refractivity contribution >= 4 is 10.0 Å². The number of hydrogen-bond acceptors (Lipinski definition) is 3. The smallest absolute Gasteiger partial charge is 0.0841 e. The highest BCUT2D eigenvalue weighted by Gasteiger charge is 0.732. The Morgan fingerprint density at radius 1 is 1.50 bits per heavy atom. The summed E-state index contributed by atoms with van der Waals surface area (Å²) in [5.41, 5.74) is 0. The molecule has 0 aliphatic heterocycles. The Hall–Kier alpha value is -0.0631. The zero-order chi connectivity index (χ0) is 4.00. The maximum absolute atomic E-state index is 6.50. The molecule has 0 aliphatic rings. The van der Waals surface area contributed by atoms with Gasteiger partial charge in [-0.15, -0.1) is 0 Å². The van der Waals surface area contributed by atoms with Crippen LogP contribution in [-0.4, -0.2) is 15.2 Å². The van der Waals surface area contributed by atoms with Crippen LogP contribution >= 0.6 is 0 Å². The molecule has 0 saturated heterocycles. The average Bonchev–Trinajstić information content (AvgIpc) is 1.50. The van der Waals surface area contributed by atoms with E-state index in [-0.39, 0.29) is 0 Å².